The van der Waals surface area contributed by atoms with Crippen molar-refractivity contribution < 1.29 is 14.2 Å². The van der Waals surface area contributed by atoms with Crippen molar-refractivity contribution >= 4 is 17.8 Å². The minimum atomic E-state index is 0.0415. The van der Waals surface area contributed by atoms with E-state index in [-0.39, 0.29) is 11.9 Å². The van der Waals surface area contributed by atoms with E-state index in [1.807, 2.05) is 79.1 Å². The highest BCUT2D eigenvalue weighted by atomic mass is 16.5. The van der Waals surface area contributed by atoms with Crippen molar-refractivity contribution in [3.63, 3.8) is 0 Å². The highest BCUT2D eigenvalue weighted by Crippen LogP contribution is 2.31. The van der Waals surface area contributed by atoms with Gasteiger partial charge in [-0.2, -0.15) is 0 Å². The Labute approximate surface area is 301 Å². The molecule has 0 atom stereocenters. The second-order valence-corrected chi connectivity index (χ2v) is 11.6. The molecule has 0 bridgehead atoms. The van der Waals surface area contributed by atoms with Crippen LogP contribution in [0.2, 0.25) is 0 Å². The molecule has 17 nitrogen and oxygen atoms in total. The van der Waals surface area contributed by atoms with Crippen molar-refractivity contribution in [2.75, 3.05) is 39.5 Å². The van der Waals surface area contributed by atoms with Crippen LogP contribution in [0.25, 0.3) is 33.9 Å². The molecule has 17 heteroatoms. The molecule has 0 aliphatic rings. The number of ether oxygens (including phenoxy) is 3. The van der Waals surface area contributed by atoms with E-state index in [4.69, 9.17) is 42.9 Å². The summed E-state index contributed by atoms with van der Waals surface area (Å²) in [7, 11) is 0. The van der Waals surface area contributed by atoms with Crippen LogP contribution < -0.4 is 42.9 Å². The molecule has 0 saturated carbocycles. The monoisotopic (exact) mass is 708 g/mol. The van der Waals surface area contributed by atoms with Gasteiger partial charge in [0.1, 0.15) is 28.6 Å². The van der Waals surface area contributed by atoms with Gasteiger partial charge in [0, 0.05) is 62.2 Å². The molecule has 0 saturated heterocycles. The van der Waals surface area contributed by atoms with E-state index in [1.54, 1.807) is 16.3 Å². The molecule has 5 rings (SSSR count). The molecule has 0 amide bonds. The lowest BCUT2D eigenvalue weighted by atomic mass is 10.1. The summed E-state index contributed by atoms with van der Waals surface area (Å²) in [6.07, 6.45) is 5.73. The highest BCUT2D eigenvalue weighted by molar-refractivity contribution is 5.77. The van der Waals surface area contributed by atoms with E-state index in [2.05, 4.69) is 35.6 Å². The summed E-state index contributed by atoms with van der Waals surface area (Å²) >= 11 is 0. The summed E-state index contributed by atoms with van der Waals surface area (Å²) in [5.41, 5.74) is 31.7. The van der Waals surface area contributed by atoms with Crippen LogP contribution >= 0.6 is 0 Å². The molecule has 0 fully saturated rings. The number of aliphatic imine (C=N–C) groups is 3. The average Bonchev–Trinajstić information content (AvgIpc) is 3.83. The standard InChI is InChI=1S/C35H44N14O3/c1-24(36)41-11-4-14-50-29-9-2-7-27(20-29)48-22-32(44-46-48)25-17-26(19-31(18-25)52-16-6-13-43-35(39)40)33-23-49(47-45-33)28-8-3-10-30(21-28)51-15-5-12-42-34(37)38/h2-3,7-10,17-23H,4-6,11-16H2,1H3,(H2,36,41)(H4,37,38,42)(H4,39,40,43). The van der Waals surface area contributed by atoms with Crippen molar-refractivity contribution in [2.45, 2.75) is 26.2 Å². The minimum absolute atomic E-state index is 0.0415. The fourth-order valence-corrected chi connectivity index (χ4v) is 4.89. The minimum Gasteiger partial charge on any atom is -0.493 e. The molecule has 2 aromatic heterocycles. The van der Waals surface area contributed by atoms with Gasteiger partial charge in [-0.25, -0.2) is 9.36 Å². The summed E-state index contributed by atoms with van der Waals surface area (Å²) in [6, 6.07) is 21.0. The van der Waals surface area contributed by atoms with Gasteiger partial charge in [0.25, 0.3) is 0 Å². The predicted octanol–water partition coefficient (Wildman–Crippen LogP) is 2.41. The molecule has 52 heavy (non-hydrogen) atoms. The molecule has 0 spiro atoms. The third-order valence-electron chi connectivity index (χ3n) is 7.31. The van der Waals surface area contributed by atoms with Crippen LogP contribution in [-0.2, 0) is 0 Å². The zero-order chi connectivity index (χ0) is 36.7. The Balaban J connectivity index is 1.35. The molecule has 272 valence electrons. The second kappa shape index (κ2) is 18.4. The van der Waals surface area contributed by atoms with E-state index < -0.39 is 0 Å². The lowest BCUT2D eigenvalue weighted by Crippen LogP contribution is -2.23. The van der Waals surface area contributed by atoms with E-state index in [1.165, 1.54) is 0 Å². The second-order valence-electron chi connectivity index (χ2n) is 11.6. The molecule has 0 unspecified atom stereocenters. The fourth-order valence-electron chi connectivity index (χ4n) is 4.89. The number of guanidine groups is 2. The Hall–Kier alpha value is -6.65. The maximum Gasteiger partial charge on any atom is 0.185 e. The first-order valence-electron chi connectivity index (χ1n) is 16.7. The lowest BCUT2D eigenvalue weighted by molar-refractivity contribution is 0.313. The van der Waals surface area contributed by atoms with Crippen molar-refractivity contribution in [2.24, 2.45) is 43.6 Å². The molecular weight excluding hydrogens is 664 g/mol. The first-order chi connectivity index (χ1) is 25.2. The quantitative estimate of drug-likeness (QED) is 0.0471. The van der Waals surface area contributed by atoms with Crippen LogP contribution in [0.3, 0.4) is 0 Å². The zero-order valence-electron chi connectivity index (χ0n) is 29.0. The Morgan fingerprint density at radius 3 is 1.46 bits per heavy atom. The first kappa shape index (κ1) is 36.6. The van der Waals surface area contributed by atoms with Gasteiger partial charge in [-0.3, -0.25) is 15.0 Å². The molecule has 5 aromatic rings. The number of hydrogen-bond donors (Lipinski definition) is 5. The van der Waals surface area contributed by atoms with Gasteiger partial charge >= 0.3 is 0 Å². The summed E-state index contributed by atoms with van der Waals surface area (Å²) in [4.78, 5) is 12.2. The number of amidine groups is 1. The van der Waals surface area contributed by atoms with Crippen LogP contribution in [0.4, 0.5) is 0 Å². The topological polar surface area (TPSA) is 256 Å². The smallest absolute Gasteiger partial charge is 0.185 e. The molecule has 3 aromatic carbocycles. The van der Waals surface area contributed by atoms with Crippen LogP contribution in [0, 0.1) is 0 Å². The SMILES string of the molecule is CC(N)=NCCCOc1cccc(-n2cc(-c3cc(OCCCN=C(N)N)cc(-c4cn(-c5cccc(OCCCN=C(N)N)c5)nn4)c3)nn2)c1. The molecule has 0 radical (unpaired) electrons. The molecule has 10 N–H and O–H groups in total. The first-order valence-corrected chi connectivity index (χ1v) is 16.7. The van der Waals surface area contributed by atoms with E-state index >= 15 is 0 Å². The fraction of sp³-hybridized carbons (Fsp3) is 0.286. The maximum atomic E-state index is 6.13. The van der Waals surface area contributed by atoms with Crippen LogP contribution in [0.1, 0.15) is 26.2 Å². The average molecular weight is 709 g/mol. The van der Waals surface area contributed by atoms with Gasteiger partial charge in [0.15, 0.2) is 11.9 Å². The number of hydrogen-bond acceptors (Lipinski definition) is 10. The Morgan fingerprint density at radius 2 is 1.02 bits per heavy atom. The van der Waals surface area contributed by atoms with Gasteiger partial charge < -0.3 is 42.9 Å². The number of aromatic nitrogens is 6. The largest absolute Gasteiger partial charge is 0.493 e. The summed E-state index contributed by atoms with van der Waals surface area (Å²) in [6.45, 7) is 4.67. The van der Waals surface area contributed by atoms with Crippen molar-refractivity contribution in [3.05, 3.63) is 79.1 Å². The normalized spacial score (nSPS) is 11.2. The van der Waals surface area contributed by atoms with Crippen molar-refractivity contribution in [1.82, 2.24) is 30.0 Å². The van der Waals surface area contributed by atoms with Crippen molar-refractivity contribution in [3.8, 4) is 51.1 Å². The zero-order valence-corrected chi connectivity index (χ0v) is 29.0. The number of rotatable bonds is 19. The molecule has 2 heterocycles. The van der Waals surface area contributed by atoms with Crippen LogP contribution in [0.5, 0.6) is 17.2 Å². The third kappa shape index (κ3) is 11.2. The summed E-state index contributed by atoms with van der Waals surface area (Å²) in [5, 5.41) is 17.7. The van der Waals surface area contributed by atoms with Gasteiger partial charge in [0.2, 0.25) is 0 Å². The molecule has 0 aliphatic carbocycles. The third-order valence-corrected chi connectivity index (χ3v) is 7.31. The van der Waals surface area contributed by atoms with E-state index in [0.717, 1.165) is 28.9 Å². The van der Waals surface area contributed by atoms with Gasteiger partial charge in [-0.15, -0.1) is 10.2 Å². The maximum absolute atomic E-state index is 6.13. The van der Waals surface area contributed by atoms with E-state index in [9.17, 15) is 0 Å². The van der Waals surface area contributed by atoms with Crippen LogP contribution in [0.15, 0.2) is 94.1 Å². The number of nitrogens with two attached hydrogens (primary N) is 5. The summed E-state index contributed by atoms with van der Waals surface area (Å²) < 4.78 is 21.3. The Bertz CT molecular complexity index is 1860. The van der Waals surface area contributed by atoms with Crippen LogP contribution in [-0.4, -0.2) is 87.2 Å². The Morgan fingerprint density at radius 1 is 0.577 bits per heavy atom. The number of nitrogens with zero attached hydrogens (tertiary/aromatic N) is 9. The van der Waals surface area contributed by atoms with Gasteiger partial charge in [-0.05, 0) is 49.4 Å². The van der Waals surface area contributed by atoms with E-state index in [0.29, 0.717) is 86.8 Å². The van der Waals surface area contributed by atoms with Gasteiger partial charge in [0.05, 0.1) is 49.4 Å². The van der Waals surface area contributed by atoms with Crippen molar-refractivity contribution in [1.29, 1.82) is 0 Å². The summed E-state index contributed by atoms with van der Waals surface area (Å²) in [5.74, 6) is 2.67. The lowest BCUT2D eigenvalue weighted by Gasteiger charge is -2.09. The number of benzene rings is 3. The Kier molecular flexibility index (Phi) is 12.9. The molecular formula is C35H44N14O3. The highest BCUT2D eigenvalue weighted by Gasteiger charge is 2.14. The predicted molar refractivity (Wildman–Crippen MR) is 201 cm³/mol. The molecule has 0 aliphatic heterocycles. The van der Waals surface area contributed by atoms with Gasteiger partial charge in [-0.1, -0.05) is 22.6 Å².